The maximum absolute atomic E-state index is 11.6. The quantitative estimate of drug-likeness (QED) is 0.762. The smallest absolute Gasteiger partial charge is 0.243 e. The Morgan fingerprint density at radius 3 is 2.28 bits per heavy atom. The Labute approximate surface area is 111 Å². The van der Waals surface area contributed by atoms with Gasteiger partial charge in [0.1, 0.15) is 0 Å². The van der Waals surface area contributed by atoms with Gasteiger partial charge >= 0.3 is 0 Å². The monoisotopic (exact) mass is 253 g/mol. The predicted molar refractivity (Wildman–Crippen MR) is 75.6 cm³/mol. The molecule has 0 radical (unpaired) electrons. The third-order valence-electron chi connectivity index (χ3n) is 3.47. The van der Waals surface area contributed by atoms with Crippen LogP contribution in [-0.2, 0) is 4.79 Å². The van der Waals surface area contributed by atoms with Crippen molar-refractivity contribution >= 4 is 5.91 Å². The summed E-state index contributed by atoms with van der Waals surface area (Å²) in [6, 6.07) is 0. The number of allylic oxidation sites excluding steroid dienone is 1. The molecule has 1 N–H and O–H groups in total. The number of hydrogen-bond acceptors (Lipinski definition) is 3. The van der Waals surface area contributed by atoms with Gasteiger partial charge in [0.25, 0.3) is 0 Å². The molecule has 1 rings (SSSR count). The third-order valence-corrected chi connectivity index (χ3v) is 3.47. The van der Waals surface area contributed by atoms with E-state index in [4.69, 9.17) is 0 Å². The SMILES string of the molecule is CC(C)=CC(=O)NCC(C)(C)N1CCN(C)CC1. The fourth-order valence-corrected chi connectivity index (χ4v) is 2.14. The van der Waals surface area contributed by atoms with Crippen LogP contribution in [0, 0.1) is 0 Å². The summed E-state index contributed by atoms with van der Waals surface area (Å²) in [7, 11) is 2.15. The number of piperazine rings is 1. The van der Waals surface area contributed by atoms with Crippen molar-refractivity contribution < 1.29 is 4.79 Å². The number of likely N-dealkylation sites (N-methyl/N-ethyl adjacent to an activating group) is 1. The summed E-state index contributed by atoms with van der Waals surface area (Å²) < 4.78 is 0. The van der Waals surface area contributed by atoms with Crippen LogP contribution in [0.15, 0.2) is 11.6 Å². The van der Waals surface area contributed by atoms with E-state index in [0.717, 1.165) is 31.8 Å². The standard InChI is InChI=1S/C14H27N3O/c1-12(2)10-13(18)15-11-14(3,4)17-8-6-16(5)7-9-17/h10H,6-9,11H2,1-5H3,(H,15,18). The minimum Gasteiger partial charge on any atom is -0.351 e. The number of carbonyl (C=O) groups excluding carboxylic acids is 1. The van der Waals surface area contributed by atoms with E-state index in [-0.39, 0.29) is 11.4 Å². The van der Waals surface area contributed by atoms with Crippen molar-refractivity contribution in [1.29, 1.82) is 0 Å². The Balaban J connectivity index is 2.44. The van der Waals surface area contributed by atoms with Crippen molar-refractivity contribution in [2.45, 2.75) is 33.2 Å². The first kappa shape index (κ1) is 15.2. The van der Waals surface area contributed by atoms with Gasteiger partial charge < -0.3 is 10.2 Å². The van der Waals surface area contributed by atoms with E-state index in [9.17, 15) is 4.79 Å². The van der Waals surface area contributed by atoms with Gasteiger partial charge in [-0.3, -0.25) is 9.69 Å². The molecule has 1 fully saturated rings. The van der Waals surface area contributed by atoms with Crippen molar-refractivity contribution in [3.63, 3.8) is 0 Å². The molecule has 0 unspecified atom stereocenters. The van der Waals surface area contributed by atoms with Crippen molar-refractivity contribution in [2.75, 3.05) is 39.8 Å². The molecule has 1 heterocycles. The second kappa shape index (κ2) is 6.34. The van der Waals surface area contributed by atoms with Gasteiger partial charge in [-0.1, -0.05) is 5.57 Å². The molecule has 1 aliphatic heterocycles. The lowest BCUT2D eigenvalue weighted by atomic mass is 10.0. The van der Waals surface area contributed by atoms with Gasteiger partial charge in [-0.2, -0.15) is 0 Å². The Kier molecular flexibility index (Phi) is 5.35. The van der Waals surface area contributed by atoms with Crippen molar-refractivity contribution in [3.8, 4) is 0 Å². The molecule has 1 saturated heterocycles. The maximum atomic E-state index is 11.6. The number of carbonyl (C=O) groups is 1. The highest BCUT2D eigenvalue weighted by atomic mass is 16.1. The summed E-state index contributed by atoms with van der Waals surface area (Å²) in [4.78, 5) is 16.4. The predicted octanol–water partition coefficient (Wildman–Crippen LogP) is 1.09. The summed E-state index contributed by atoms with van der Waals surface area (Å²) in [6.07, 6.45) is 1.65. The lowest BCUT2D eigenvalue weighted by Gasteiger charge is -2.43. The summed E-state index contributed by atoms with van der Waals surface area (Å²) in [5.41, 5.74) is 1.05. The largest absolute Gasteiger partial charge is 0.351 e. The molecule has 4 heteroatoms. The molecule has 4 nitrogen and oxygen atoms in total. The van der Waals surface area contributed by atoms with Crippen LogP contribution in [-0.4, -0.2) is 61.0 Å². The zero-order chi connectivity index (χ0) is 13.8. The van der Waals surface area contributed by atoms with E-state index in [1.54, 1.807) is 6.08 Å². The van der Waals surface area contributed by atoms with Gasteiger partial charge in [0.2, 0.25) is 5.91 Å². The highest BCUT2D eigenvalue weighted by molar-refractivity contribution is 5.88. The molecule has 0 aromatic heterocycles. The number of nitrogens with zero attached hydrogens (tertiary/aromatic N) is 2. The second-order valence-corrected chi connectivity index (χ2v) is 6.04. The van der Waals surface area contributed by atoms with E-state index >= 15 is 0 Å². The van der Waals surface area contributed by atoms with Gasteiger partial charge in [-0.15, -0.1) is 0 Å². The zero-order valence-corrected chi connectivity index (χ0v) is 12.4. The molecule has 0 spiro atoms. The van der Waals surface area contributed by atoms with Crippen LogP contribution in [0.2, 0.25) is 0 Å². The molecule has 104 valence electrons. The first-order valence-electron chi connectivity index (χ1n) is 6.67. The van der Waals surface area contributed by atoms with Crippen molar-refractivity contribution in [2.24, 2.45) is 0 Å². The lowest BCUT2D eigenvalue weighted by molar-refractivity contribution is -0.117. The highest BCUT2D eigenvalue weighted by Gasteiger charge is 2.29. The van der Waals surface area contributed by atoms with E-state index in [0.29, 0.717) is 6.54 Å². The molecular formula is C14H27N3O. The maximum Gasteiger partial charge on any atom is 0.243 e. The van der Waals surface area contributed by atoms with Crippen LogP contribution in [0.1, 0.15) is 27.7 Å². The first-order valence-corrected chi connectivity index (χ1v) is 6.67. The van der Waals surface area contributed by atoms with Gasteiger partial charge in [-0.05, 0) is 34.7 Å². The Bertz CT molecular complexity index is 311. The van der Waals surface area contributed by atoms with Crippen LogP contribution in [0.3, 0.4) is 0 Å². The Morgan fingerprint density at radius 1 is 1.22 bits per heavy atom. The average Bonchev–Trinajstić information content (AvgIpc) is 2.26. The van der Waals surface area contributed by atoms with Crippen LogP contribution in [0.4, 0.5) is 0 Å². The first-order chi connectivity index (χ1) is 8.31. The number of rotatable bonds is 4. The minimum absolute atomic E-state index is 0.0113. The third kappa shape index (κ3) is 4.78. The number of amides is 1. The molecule has 0 saturated carbocycles. The topological polar surface area (TPSA) is 35.6 Å². The molecule has 18 heavy (non-hydrogen) atoms. The van der Waals surface area contributed by atoms with E-state index in [2.05, 4.69) is 36.0 Å². The number of nitrogens with one attached hydrogen (secondary N) is 1. The van der Waals surface area contributed by atoms with Crippen molar-refractivity contribution in [1.82, 2.24) is 15.1 Å². The fraction of sp³-hybridized carbons (Fsp3) is 0.786. The van der Waals surface area contributed by atoms with Gasteiger partial charge in [0.05, 0.1) is 0 Å². The highest BCUT2D eigenvalue weighted by Crippen LogP contribution is 2.15. The molecular weight excluding hydrogens is 226 g/mol. The normalized spacial score (nSPS) is 18.5. The molecule has 0 aliphatic carbocycles. The van der Waals surface area contributed by atoms with Gasteiger partial charge in [0, 0.05) is 44.3 Å². The molecule has 0 aromatic rings. The van der Waals surface area contributed by atoms with Crippen molar-refractivity contribution in [3.05, 3.63) is 11.6 Å². The summed E-state index contributed by atoms with van der Waals surface area (Å²) in [5, 5.41) is 2.99. The summed E-state index contributed by atoms with van der Waals surface area (Å²) >= 11 is 0. The second-order valence-electron chi connectivity index (χ2n) is 6.04. The van der Waals surface area contributed by atoms with E-state index in [1.807, 2.05) is 13.8 Å². The van der Waals surface area contributed by atoms with Crippen LogP contribution in [0.25, 0.3) is 0 Å². The minimum atomic E-state index is 0.0113. The average molecular weight is 253 g/mol. The van der Waals surface area contributed by atoms with Crippen LogP contribution in [0.5, 0.6) is 0 Å². The number of hydrogen-bond donors (Lipinski definition) is 1. The van der Waals surface area contributed by atoms with Crippen LogP contribution < -0.4 is 5.32 Å². The van der Waals surface area contributed by atoms with Crippen LogP contribution >= 0.6 is 0 Å². The summed E-state index contributed by atoms with van der Waals surface area (Å²) in [5.74, 6) is 0.0113. The van der Waals surface area contributed by atoms with Gasteiger partial charge in [-0.25, -0.2) is 0 Å². The lowest BCUT2D eigenvalue weighted by Crippen LogP contribution is -2.57. The molecule has 1 amide bonds. The zero-order valence-electron chi connectivity index (χ0n) is 12.4. The Morgan fingerprint density at radius 2 is 1.78 bits per heavy atom. The molecule has 0 atom stereocenters. The fourth-order valence-electron chi connectivity index (χ4n) is 2.14. The summed E-state index contributed by atoms with van der Waals surface area (Å²) in [6.45, 7) is 13.3. The molecule has 1 aliphatic rings. The van der Waals surface area contributed by atoms with E-state index < -0.39 is 0 Å². The van der Waals surface area contributed by atoms with Gasteiger partial charge in [0.15, 0.2) is 0 Å². The Hall–Kier alpha value is -0.870. The molecule has 0 aromatic carbocycles. The molecule has 0 bridgehead atoms. The van der Waals surface area contributed by atoms with E-state index in [1.165, 1.54) is 0 Å².